The Balaban J connectivity index is 1.64. The molecule has 0 bridgehead atoms. The molecule has 0 aliphatic carbocycles. The standard InChI is InChI=1S/C18H19ClN4O2S/c1-11-12-10-15(26-18(12)22(2)21-11)17(24)20-14-5-3-4-13(19)16(14)23-6-8-25-9-7-23/h3-5,10H,6-9H2,1-2H3,(H,20,24). The maximum atomic E-state index is 12.8. The van der Waals surface area contributed by atoms with Crippen molar-refractivity contribution in [2.45, 2.75) is 6.92 Å². The van der Waals surface area contributed by atoms with Crippen LogP contribution in [0.3, 0.4) is 0 Å². The molecule has 1 aliphatic heterocycles. The highest BCUT2D eigenvalue weighted by Crippen LogP contribution is 2.35. The lowest BCUT2D eigenvalue weighted by Crippen LogP contribution is -2.37. The molecule has 2 aromatic heterocycles. The SMILES string of the molecule is Cc1nn(C)c2sc(C(=O)Nc3cccc(Cl)c3N3CCOCC3)cc12. The Morgan fingerprint density at radius 3 is 2.85 bits per heavy atom. The molecule has 1 aromatic carbocycles. The van der Waals surface area contributed by atoms with E-state index in [0.717, 1.165) is 40.4 Å². The lowest BCUT2D eigenvalue weighted by Gasteiger charge is -2.31. The molecule has 8 heteroatoms. The first-order chi connectivity index (χ1) is 12.5. The van der Waals surface area contributed by atoms with Gasteiger partial charge in [0.15, 0.2) is 0 Å². The summed E-state index contributed by atoms with van der Waals surface area (Å²) in [5.74, 6) is -0.137. The Hall–Kier alpha value is -2.09. The molecule has 1 aliphatic rings. The highest BCUT2D eigenvalue weighted by Gasteiger charge is 2.21. The van der Waals surface area contributed by atoms with Gasteiger partial charge in [-0.3, -0.25) is 9.48 Å². The number of aryl methyl sites for hydroxylation is 2. The van der Waals surface area contributed by atoms with Crippen LogP contribution >= 0.6 is 22.9 Å². The van der Waals surface area contributed by atoms with Crippen molar-refractivity contribution in [2.24, 2.45) is 7.05 Å². The number of para-hydroxylation sites is 1. The molecule has 0 radical (unpaired) electrons. The average molecular weight is 391 g/mol. The molecule has 0 spiro atoms. The number of halogens is 1. The summed E-state index contributed by atoms with van der Waals surface area (Å²) in [7, 11) is 1.89. The zero-order valence-electron chi connectivity index (χ0n) is 14.6. The van der Waals surface area contributed by atoms with Crippen LogP contribution in [0.5, 0.6) is 0 Å². The van der Waals surface area contributed by atoms with E-state index in [0.29, 0.717) is 23.1 Å². The minimum absolute atomic E-state index is 0.137. The van der Waals surface area contributed by atoms with Gasteiger partial charge in [-0.15, -0.1) is 11.3 Å². The fourth-order valence-corrected chi connectivity index (χ4v) is 4.54. The first-order valence-corrected chi connectivity index (χ1v) is 9.60. The maximum Gasteiger partial charge on any atom is 0.265 e. The average Bonchev–Trinajstić information content (AvgIpc) is 3.18. The third-order valence-electron chi connectivity index (χ3n) is 4.48. The third-order valence-corrected chi connectivity index (χ3v) is 5.99. The van der Waals surface area contributed by atoms with Gasteiger partial charge in [0.05, 0.1) is 40.2 Å². The molecule has 4 rings (SSSR count). The number of morpholine rings is 1. The summed E-state index contributed by atoms with van der Waals surface area (Å²) in [5, 5.41) is 9.05. The predicted molar refractivity (Wildman–Crippen MR) is 106 cm³/mol. The van der Waals surface area contributed by atoms with E-state index < -0.39 is 0 Å². The summed E-state index contributed by atoms with van der Waals surface area (Å²) in [6, 6.07) is 7.47. The lowest BCUT2D eigenvalue weighted by molar-refractivity contribution is 0.103. The third kappa shape index (κ3) is 3.06. The minimum atomic E-state index is -0.137. The summed E-state index contributed by atoms with van der Waals surface area (Å²) in [6.45, 7) is 4.76. The fourth-order valence-electron chi connectivity index (χ4n) is 3.23. The van der Waals surface area contributed by atoms with E-state index in [2.05, 4.69) is 15.3 Å². The van der Waals surface area contributed by atoms with Gasteiger partial charge in [-0.2, -0.15) is 5.10 Å². The number of carbonyl (C=O) groups excluding carboxylic acids is 1. The molecule has 3 aromatic rings. The van der Waals surface area contributed by atoms with Gasteiger partial charge in [0, 0.05) is 25.5 Å². The highest BCUT2D eigenvalue weighted by atomic mass is 35.5. The van der Waals surface area contributed by atoms with Gasteiger partial charge < -0.3 is 15.0 Å². The van der Waals surface area contributed by atoms with Gasteiger partial charge in [0.2, 0.25) is 0 Å². The summed E-state index contributed by atoms with van der Waals surface area (Å²) >= 11 is 7.88. The molecule has 0 unspecified atom stereocenters. The monoisotopic (exact) mass is 390 g/mol. The number of amides is 1. The minimum Gasteiger partial charge on any atom is -0.378 e. The normalized spacial score (nSPS) is 14.8. The molecule has 6 nitrogen and oxygen atoms in total. The highest BCUT2D eigenvalue weighted by molar-refractivity contribution is 7.20. The van der Waals surface area contributed by atoms with Crippen LogP contribution in [-0.2, 0) is 11.8 Å². The van der Waals surface area contributed by atoms with Crippen molar-refractivity contribution in [1.82, 2.24) is 9.78 Å². The molecular weight excluding hydrogens is 372 g/mol. The summed E-state index contributed by atoms with van der Waals surface area (Å²) in [5.41, 5.74) is 2.50. The molecule has 1 N–H and O–H groups in total. The Bertz CT molecular complexity index is 941. The maximum absolute atomic E-state index is 12.8. The number of benzene rings is 1. The Morgan fingerprint density at radius 1 is 1.35 bits per heavy atom. The molecule has 26 heavy (non-hydrogen) atoms. The van der Waals surface area contributed by atoms with Gasteiger partial charge >= 0.3 is 0 Å². The van der Waals surface area contributed by atoms with Gasteiger partial charge in [0.25, 0.3) is 5.91 Å². The second-order valence-corrected chi connectivity index (χ2v) is 7.67. The number of fused-ring (bicyclic) bond motifs is 1. The van der Waals surface area contributed by atoms with Gasteiger partial charge in [-0.25, -0.2) is 0 Å². The predicted octanol–water partition coefficient (Wildman–Crippen LogP) is 3.69. The summed E-state index contributed by atoms with van der Waals surface area (Å²) < 4.78 is 7.23. The van der Waals surface area contributed by atoms with E-state index in [1.54, 1.807) is 0 Å². The summed E-state index contributed by atoms with van der Waals surface area (Å²) in [6.07, 6.45) is 0. The van der Waals surface area contributed by atoms with Crippen molar-refractivity contribution >= 4 is 50.4 Å². The number of ether oxygens (including phenoxy) is 1. The van der Waals surface area contributed by atoms with Crippen molar-refractivity contribution in [3.63, 3.8) is 0 Å². The first-order valence-electron chi connectivity index (χ1n) is 8.40. The molecule has 3 heterocycles. The Kier molecular flexibility index (Phi) is 4.60. The number of carbonyl (C=O) groups is 1. The van der Waals surface area contributed by atoms with Crippen LogP contribution in [0.2, 0.25) is 5.02 Å². The lowest BCUT2D eigenvalue weighted by atomic mass is 10.2. The molecular formula is C18H19ClN4O2S. The Morgan fingerprint density at radius 2 is 2.12 bits per heavy atom. The molecule has 136 valence electrons. The van der Waals surface area contributed by atoms with E-state index in [-0.39, 0.29) is 5.91 Å². The van der Waals surface area contributed by atoms with Crippen LogP contribution in [-0.4, -0.2) is 42.0 Å². The van der Waals surface area contributed by atoms with Crippen LogP contribution in [0.15, 0.2) is 24.3 Å². The second kappa shape index (κ2) is 6.90. The van der Waals surface area contributed by atoms with Gasteiger partial charge in [0.1, 0.15) is 4.83 Å². The zero-order valence-corrected chi connectivity index (χ0v) is 16.2. The molecule has 1 saturated heterocycles. The van der Waals surface area contributed by atoms with Gasteiger partial charge in [-0.1, -0.05) is 17.7 Å². The van der Waals surface area contributed by atoms with Crippen LogP contribution in [0, 0.1) is 6.92 Å². The number of nitrogens with one attached hydrogen (secondary N) is 1. The van der Waals surface area contributed by atoms with Crippen LogP contribution in [0.4, 0.5) is 11.4 Å². The number of nitrogens with zero attached hydrogens (tertiary/aromatic N) is 3. The number of anilines is 2. The smallest absolute Gasteiger partial charge is 0.265 e. The van der Waals surface area contributed by atoms with Crippen LogP contribution < -0.4 is 10.2 Å². The van der Waals surface area contributed by atoms with E-state index >= 15 is 0 Å². The van der Waals surface area contributed by atoms with Crippen molar-refractivity contribution in [2.75, 3.05) is 36.5 Å². The second-order valence-electron chi connectivity index (χ2n) is 6.23. The largest absolute Gasteiger partial charge is 0.378 e. The van der Waals surface area contributed by atoms with Crippen LogP contribution in [0.1, 0.15) is 15.4 Å². The van der Waals surface area contributed by atoms with Crippen molar-refractivity contribution in [3.8, 4) is 0 Å². The Labute approximate surface area is 160 Å². The van der Waals surface area contributed by atoms with E-state index in [4.69, 9.17) is 16.3 Å². The molecule has 1 amide bonds. The number of aromatic nitrogens is 2. The summed E-state index contributed by atoms with van der Waals surface area (Å²) in [4.78, 5) is 16.6. The zero-order chi connectivity index (χ0) is 18.3. The van der Waals surface area contributed by atoms with E-state index in [1.807, 2.05) is 42.9 Å². The molecule has 1 fully saturated rings. The topological polar surface area (TPSA) is 59.4 Å². The van der Waals surface area contributed by atoms with Gasteiger partial charge in [-0.05, 0) is 25.1 Å². The van der Waals surface area contributed by atoms with Crippen molar-refractivity contribution in [1.29, 1.82) is 0 Å². The number of thiophene rings is 1. The number of hydrogen-bond acceptors (Lipinski definition) is 5. The van der Waals surface area contributed by atoms with Crippen molar-refractivity contribution < 1.29 is 9.53 Å². The van der Waals surface area contributed by atoms with Crippen molar-refractivity contribution in [3.05, 3.63) is 39.9 Å². The van der Waals surface area contributed by atoms with Crippen LogP contribution in [0.25, 0.3) is 10.2 Å². The molecule has 0 atom stereocenters. The molecule has 0 saturated carbocycles. The quantitative estimate of drug-likeness (QED) is 0.741. The van der Waals surface area contributed by atoms with E-state index in [9.17, 15) is 4.79 Å². The fraction of sp³-hybridized carbons (Fsp3) is 0.333. The first kappa shape index (κ1) is 17.3. The number of rotatable bonds is 3. The number of hydrogen-bond donors (Lipinski definition) is 1. The van der Waals surface area contributed by atoms with E-state index in [1.165, 1.54) is 11.3 Å².